The molecule has 1 aliphatic heterocycles. The summed E-state index contributed by atoms with van der Waals surface area (Å²) < 4.78 is 36.6. The molecule has 0 spiro atoms. The van der Waals surface area contributed by atoms with E-state index in [9.17, 15) is 13.2 Å². The van der Waals surface area contributed by atoms with Crippen LogP contribution in [0.25, 0.3) is 0 Å². The van der Waals surface area contributed by atoms with Crippen molar-refractivity contribution in [3.05, 3.63) is 53.6 Å². The number of rotatable bonds is 4. The van der Waals surface area contributed by atoms with Gasteiger partial charge in [0.05, 0.1) is 4.90 Å². The molecule has 0 bridgehead atoms. The van der Waals surface area contributed by atoms with Crippen LogP contribution in [0.15, 0.2) is 47.4 Å². The van der Waals surface area contributed by atoms with Crippen molar-refractivity contribution < 1.29 is 22.7 Å². The lowest BCUT2D eigenvalue weighted by Gasteiger charge is -2.09. The fraction of sp³-hybridized carbons (Fsp3) is 0.188. The molecular weight excluding hydrogens is 332 g/mol. The Kier molecular flexibility index (Phi) is 4.30. The maximum absolute atomic E-state index is 12.1. The van der Waals surface area contributed by atoms with E-state index in [1.54, 1.807) is 30.3 Å². The van der Waals surface area contributed by atoms with Crippen LogP contribution < -0.4 is 19.5 Å². The predicted octanol–water partition coefficient (Wildman–Crippen LogP) is 1.91. The van der Waals surface area contributed by atoms with Crippen LogP contribution in [0.5, 0.6) is 11.5 Å². The van der Waals surface area contributed by atoms with Crippen molar-refractivity contribution in [2.75, 3.05) is 6.79 Å². The van der Waals surface area contributed by atoms with Gasteiger partial charge in [0.25, 0.3) is 10.0 Å². The molecule has 7 nitrogen and oxygen atoms in total. The Bertz CT molecular complexity index is 863. The molecule has 8 heteroatoms. The normalized spacial score (nSPS) is 12.7. The zero-order valence-electron chi connectivity index (χ0n) is 12.9. The topological polar surface area (TPSA) is 93.7 Å². The lowest BCUT2D eigenvalue weighted by atomic mass is 10.2. The number of ether oxygens (including phenoxy) is 2. The van der Waals surface area contributed by atoms with Gasteiger partial charge in [-0.1, -0.05) is 23.8 Å². The lowest BCUT2D eigenvalue weighted by Crippen LogP contribution is -2.39. The fourth-order valence-electron chi connectivity index (χ4n) is 2.17. The maximum Gasteiger partial charge on any atom is 0.328 e. The summed E-state index contributed by atoms with van der Waals surface area (Å²) in [5.74, 6) is 1.24. The number of carbonyl (C=O) groups is 1. The minimum atomic E-state index is -3.90. The van der Waals surface area contributed by atoms with Crippen LogP contribution in [0, 0.1) is 6.92 Å². The molecular formula is C16H16N2O5S. The van der Waals surface area contributed by atoms with E-state index in [2.05, 4.69) is 5.32 Å². The molecule has 1 heterocycles. The Morgan fingerprint density at radius 3 is 2.54 bits per heavy atom. The third-order valence-corrected chi connectivity index (χ3v) is 4.80. The summed E-state index contributed by atoms with van der Waals surface area (Å²) in [5.41, 5.74) is 1.70. The highest BCUT2D eigenvalue weighted by molar-refractivity contribution is 7.90. The van der Waals surface area contributed by atoms with E-state index in [1.165, 1.54) is 12.1 Å². The molecule has 0 saturated heterocycles. The molecule has 0 aliphatic carbocycles. The van der Waals surface area contributed by atoms with Crippen molar-refractivity contribution in [1.29, 1.82) is 0 Å². The van der Waals surface area contributed by atoms with Gasteiger partial charge in [0.2, 0.25) is 6.79 Å². The Morgan fingerprint density at radius 1 is 1.08 bits per heavy atom. The summed E-state index contributed by atoms with van der Waals surface area (Å²) in [5, 5.41) is 2.50. The zero-order valence-corrected chi connectivity index (χ0v) is 13.7. The van der Waals surface area contributed by atoms with Gasteiger partial charge >= 0.3 is 6.03 Å². The van der Waals surface area contributed by atoms with Crippen LogP contribution >= 0.6 is 0 Å². The predicted molar refractivity (Wildman–Crippen MR) is 86.3 cm³/mol. The van der Waals surface area contributed by atoms with Crippen molar-refractivity contribution in [2.45, 2.75) is 18.4 Å². The monoisotopic (exact) mass is 348 g/mol. The van der Waals surface area contributed by atoms with Crippen molar-refractivity contribution >= 4 is 16.1 Å². The summed E-state index contributed by atoms with van der Waals surface area (Å²) in [7, 11) is -3.90. The van der Waals surface area contributed by atoms with Crippen LogP contribution in [0.3, 0.4) is 0 Å². The molecule has 126 valence electrons. The number of amides is 2. The van der Waals surface area contributed by atoms with Gasteiger partial charge in [-0.2, -0.15) is 0 Å². The number of carbonyl (C=O) groups excluding carboxylic acids is 1. The van der Waals surface area contributed by atoms with Crippen LogP contribution in [-0.4, -0.2) is 21.2 Å². The lowest BCUT2D eigenvalue weighted by molar-refractivity contribution is 0.174. The smallest absolute Gasteiger partial charge is 0.328 e. The maximum atomic E-state index is 12.1. The van der Waals surface area contributed by atoms with Gasteiger partial charge in [-0.05, 0) is 36.8 Å². The number of urea groups is 1. The van der Waals surface area contributed by atoms with Crippen molar-refractivity contribution in [1.82, 2.24) is 10.0 Å². The number of benzene rings is 2. The van der Waals surface area contributed by atoms with Crippen molar-refractivity contribution in [3.63, 3.8) is 0 Å². The quantitative estimate of drug-likeness (QED) is 0.880. The second kappa shape index (κ2) is 6.40. The average Bonchev–Trinajstić information content (AvgIpc) is 3.00. The molecule has 0 atom stereocenters. The Balaban J connectivity index is 1.60. The highest BCUT2D eigenvalue weighted by Crippen LogP contribution is 2.32. The van der Waals surface area contributed by atoms with E-state index in [1.807, 2.05) is 11.6 Å². The third-order valence-electron chi connectivity index (χ3n) is 3.45. The molecule has 2 aromatic rings. The summed E-state index contributed by atoms with van der Waals surface area (Å²) in [6.45, 7) is 2.18. The molecule has 0 fully saturated rings. The van der Waals surface area contributed by atoms with E-state index in [0.717, 1.165) is 11.1 Å². The van der Waals surface area contributed by atoms with Crippen LogP contribution in [0.1, 0.15) is 11.1 Å². The van der Waals surface area contributed by atoms with Crippen LogP contribution in [0.4, 0.5) is 4.79 Å². The van der Waals surface area contributed by atoms with E-state index in [-0.39, 0.29) is 18.2 Å². The van der Waals surface area contributed by atoms with Gasteiger partial charge in [0.15, 0.2) is 11.5 Å². The number of aryl methyl sites for hydroxylation is 1. The summed E-state index contributed by atoms with van der Waals surface area (Å²) in [6, 6.07) is 10.7. The molecule has 2 N–H and O–H groups in total. The van der Waals surface area contributed by atoms with Gasteiger partial charge in [-0.3, -0.25) is 0 Å². The molecule has 3 rings (SSSR count). The third kappa shape index (κ3) is 3.60. The van der Waals surface area contributed by atoms with E-state index >= 15 is 0 Å². The first-order chi connectivity index (χ1) is 11.4. The summed E-state index contributed by atoms with van der Waals surface area (Å²) >= 11 is 0. The Hall–Kier alpha value is -2.74. The summed E-state index contributed by atoms with van der Waals surface area (Å²) in [6.07, 6.45) is 0. The fourth-order valence-corrected chi connectivity index (χ4v) is 3.10. The Labute approximate surface area is 139 Å². The second-order valence-corrected chi connectivity index (χ2v) is 6.97. The number of nitrogens with one attached hydrogen (secondary N) is 2. The standard InChI is InChI=1S/C16H16N2O5S/c1-11-2-5-13(6-3-11)24(20,21)18-16(19)17-9-12-4-7-14-15(8-12)23-10-22-14/h2-8H,9-10H2,1H3,(H2,17,18,19). The molecule has 0 aromatic heterocycles. The average molecular weight is 348 g/mol. The van der Waals surface area contributed by atoms with E-state index < -0.39 is 16.1 Å². The number of fused-ring (bicyclic) bond motifs is 1. The van der Waals surface area contributed by atoms with Gasteiger partial charge in [-0.15, -0.1) is 0 Å². The van der Waals surface area contributed by atoms with Crippen molar-refractivity contribution in [3.8, 4) is 11.5 Å². The largest absolute Gasteiger partial charge is 0.454 e. The zero-order chi connectivity index (χ0) is 17.2. The minimum Gasteiger partial charge on any atom is -0.454 e. The van der Waals surface area contributed by atoms with Crippen LogP contribution in [-0.2, 0) is 16.6 Å². The van der Waals surface area contributed by atoms with E-state index in [0.29, 0.717) is 11.5 Å². The van der Waals surface area contributed by atoms with Gasteiger partial charge in [0, 0.05) is 6.54 Å². The molecule has 0 unspecified atom stereocenters. The molecule has 2 amide bonds. The highest BCUT2D eigenvalue weighted by Gasteiger charge is 2.18. The van der Waals surface area contributed by atoms with Gasteiger partial charge < -0.3 is 14.8 Å². The number of hydrogen-bond donors (Lipinski definition) is 2. The first kappa shape index (κ1) is 16.1. The molecule has 1 aliphatic rings. The number of sulfonamides is 1. The first-order valence-corrected chi connectivity index (χ1v) is 8.68. The van der Waals surface area contributed by atoms with Gasteiger partial charge in [0.1, 0.15) is 0 Å². The second-order valence-electron chi connectivity index (χ2n) is 5.29. The first-order valence-electron chi connectivity index (χ1n) is 7.20. The summed E-state index contributed by atoms with van der Waals surface area (Å²) in [4.78, 5) is 11.9. The van der Waals surface area contributed by atoms with E-state index in [4.69, 9.17) is 9.47 Å². The van der Waals surface area contributed by atoms with Crippen molar-refractivity contribution in [2.24, 2.45) is 0 Å². The molecule has 24 heavy (non-hydrogen) atoms. The number of hydrogen-bond acceptors (Lipinski definition) is 5. The molecule has 0 radical (unpaired) electrons. The Morgan fingerprint density at radius 2 is 1.79 bits per heavy atom. The minimum absolute atomic E-state index is 0.0336. The van der Waals surface area contributed by atoms with Crippen LogP contribution in [0.2, 0.25) is 0 Å². The SMILES string of the molecule is Cc1ccc(S(=O)(=O)NC(=O)NCc2ccc3c(c2)OCO3)cc1. The molecule has 0 saturated carbocycles. The van der Waals surface area contributed by atoms with Gasteiger partial charge in [-0.25, -0.2) is 17.9 Å². The highest BCUT2D eigenvalue weighted by atomic mass is 32.2. The molecule has 2 aromatic carbocycles.